The number of thiophene rings is 1. The molecule has 2 heterocycles. The summed E-state index contributed by atoms with van der Waals surface area (Å²) in [6.45, 7) is 3.03. The second-order valence-electron chi connectivity index (χ2n) is 7.06. The van der Waals surface area contributed by atoms with Gasteiger partial charge < -0.3 is 5.32 Å². The number of carbonyl (C=O) groups excluding carboxylic acids is 1. The number of hydrogen-bond donors (Lipinski definition) is 1. The third kappa shape index (κ3) is 3.80. The molecule has 4 aromatic rings. The predicted octanol–water partition coefficient (Wildman–Crippen LogP) is 4.26. The van der Waals surface area contributed by atoms with E-state index in [1.165, 1.54) is 34.1 Å². The number of aryl methyl sites for hydroxylation is 2. The van der Waals surface area contributed by atoms with Crippen molar-refractivity contribution < 1.29 is 9.18 Å². The number of halogens is 2. The normalized spacial score (nSPS) is 11.1. The Balaban J connectivity index is 1.82. The molecule has 9 heteroatoms. The maximum atomic E-state index is 13.7. The average molecular weight is 458 g/mol. The summed E-state index contributed by atoms with van der Waals surface area (Å²) in [5.74, 6) is -0.907. The quantitative estimate of drug-likeness (QED) is 0.497. The number of rotatable bonds is 4. The van der Waals surface area contributed by atoms with Gasteiger partial charge >= 0.3 is 5.69 Å². The fourth-order valence-corrected chi connectivity index (χ4v) is 4.44. The van der Waals surface area contributed by atoms with Gasteiger partial charge in [0.25, 0.3) is 5.56 Å². The molecule has 0 bridgehead atoms. The molecule has 2 aromatic carbocycles. The van der Waals surface area contributed by atoms with E-state index in [9.17, 15) is 18.8 Å². The summed E-state index contributed by atoms with van der Waals surface area (Å²) < 4.78 is 16.2. The molecule has 0 aliphatic rings. The van der Waals surface area contributed by atoms with Crippen molar-refractivity contribution in [1.82, 2.24) is 9.13 Å². The van der Waals surface area contributed by atoms with Crippen molar-refractivity contribution in [2.75, 3.05) is 5.32 Å². The van der Waals surface area contributed by atoms with Gasteiger partial charge in [0.05, 0.1) is 21.9 Å². The first-order chi connectivity index (χ1) is 14.8. The molecule has 0 aliphatic heterocycles. The highest BCUT2D eigenvalue weighted by atomic mass is 35.5. The molecular formula is C22H17ClFN3O3S. The van der Waals surface area contributed by atoms with Crippen molar-refractivity contribution in [1.29, 1.82) is 0 Å². The molecule has 31 heavy (non-hydrogen) atoms. The molecule has 4 rings (SSSR count). The van der Waals surface area contributed by atoms with Crippen LogP contribution < -0.4 is 16.6 Å². The van der Waals surface area contributed by atoms with Crippen LogP contribution in [0.15, 0.2) is 57.4 Å². The van der Waals surface area contributed by atoms with Crippen LogP contribution >= 0.6 is 22.9 Å². The molecular weight excluding hydrogens is 441 g/mol. The van der Waals surface area contributed by atoms with Crippen LogP contribution in [0, 0.1) is 19.7 Å². The summed E-state index contributed by atoms with van der Waals surface area (Å²) >= 11 is 7.35. The van der Waals surface area contributed by atoms with Crippen LogP contribution in [-0.2, 0) is 11.3 Å². The molecule has 1 amide bonds. The van der Waals surface area contributed by atoms with Crippen LogP contribution in [0.5, 0.6) is 0 Å². The minimum absolute atomic E-state index is 0.236. The van der Waals surface area contributed by atoms with Crippen molar-refractivity contribution in [3.05, 3.63) is 90.6 Å². The lowest BCUT2D eigenvalue weighted by Crippen LogP contribution is -2.40. The number of para-hydroxylation sites is 1. The molecule has 0 radical (unpaired) electrons. The lowest BCUT2D eigenvalue weighted by Gasteiger charge is -2.14. The van der Waals surface area contributed by atoms with Crippen LogP contribution in [0.25, 0.3) is 15.9 Å². The Morgan fingerprint density at radius 1 is 1.13 bits per heavy atom. The number of hydrogen-bond acceptors (Lipinski definition) is 4. The standard InChI is InChI=1S/C22H17ClFN3O3S/c1-12-4-3-5-15(23)19(12)25-18(28)11-26-17-8-9-31-20(17)21(29)27(22(26)30)14-6-7-16(24)13(2)10-14/h3-10H,11H2,1-2H3,(H,25,28). The Morgan fingerprint density at radius 3 is 2.61 bits per heavy atom. The highest BCUT2D eigenvalue weighted by molar-refractivity contribution is 7.17. The van der Waals surface area contributed by atoms with E-state index in [1.54, 1.807) is 30.5 Å². The second-order valence-corrected chi connectivity index (χ2v) is 8.38. The van der Waals surface area contributed by atoms with Gasteiger partial charge in [0.15, 0.2) is 0 Å². The van der Waals surface area contributed by atoms with Gasteiger partial charge in [-0.3, -0.25) is 14.2 Å². The number of aromatic nitrogens is 2. The largest absolute Gasteiger partial charge is 0.336 e. The molecule has 0 saturated heterocycles. The van der Waals surface area contributed by atoms with Crippen LogP contribution in [0.1, 0.15) is 11.1 Å². The Bertz CT molecular complexity index is 1430. The molecule has 0 unspecified atom stereocenters. The zero-order valence-electron chi connectivity index (χ0n) is 16.6. The lowest BCUT2D eigenvalue weighted by atomic mass is 10.2. The number of nitrogens with zero attached hydrogens (tertiary/aromatic N) is 2. The zero-order valence-corrected chi connectivity index (χ0v) is 18.2. The van der Waals surface area contributed by atoms with Crippen LogP contribution in [0.2, 0.25) is 5.02 Å². The first kappa shape index (κ1) is 21.0. The highest BCUT2D eigenvalue weighted by Gasteiger charge is 2.19. The smallest absolute Gasteiger partial charge is 0.323 e. The van der Waals surface area contributed by atoms with E-state index in [2.05, 4.69) is 5.32 Å². The third-order valence-corrected chi connectivity index (χ3v) is 6.15. The molecule has 0 saturated carbocycles. The van der Waals surface area contributed by atoms with E-state index in [-0.39, 0.29) is 12.2 Å². The molecule has 0 atom stereocenters. The molecule has 6 nitrogen and oxygen atoms in total. The summed E-state index contributed by atoms with van der Waals surface area (Å²) in [5.41, 5.74) is 0.939. The Labute approximate surface area is 185 Å². The number of amides is 1. The number of nitrogens with one attached hydrogen (secondary N) is 1. The topological polar surface area (TPSA) is 73.1 Å². The lowest BCUT2D eigenvalue weighted by molar-refractivity contribution is -0.116. The van der Waals surface area contributed by atoms with E-state index in [4.69, 9.17) is 11.6 Å². The Morgan fingerprint density at radius 2 is 1.90 bits per heavy atom. The SMILES string of the molecule is Cc1cc(-n2c(=O)c3sccc3n(CC(=O)Nc3c(C)cccc3Cl)c2=O)ccc1F. The van der Waals surface area contributed by atoms with Crippen LogP contribution in [-0.4, -0.2) is 15.0 Å². The van der Waals surface area contributed by atoms with Gasteiger partial charge in [-0.15, -0.1) is 11.3 Å². The van der Waals surface area contributed by atoms with Crippen molar-refractivity contribution in [2.45, 2.75) is 20.4 Å². The van der Waals surface area contributed by atoms with Gasteiger partial charge in [0.1, 0.15) is 17.1 Å². The first-order valence-electron chi connectivity index (χ1n) is 9.32. The molecule has 0 fully saturated rings. The van der Waals surface area contributed by atoms with Crippen molar-refractivity contribution >= 4 is 44.7 Å². The zero-order chi connectivity index (χ0) is 22.3. The van der Waals surface area contributed by atoms with E-state index in [0.717, 1.165) is 10.1 Å². The number of carbonyl (C=O) groups is 1. The van der Waals surface area contributed by atoms with E-state index < -0.39 is 23.0 Å². The molecule has 158 valence electrons. The average Bonchev–Trinajstić information content (AvgIpc) is 3.21. The van der Waals surface area contributed by atoms with Gasteiger partial charge in [-0.25, -0.2) is 13.8 Å². The number of benzene rings is 2. The molecule has 2 aromatic heterocycles. The second kappa shape index (κ2) is 8.13. The predicted molar refractivity (Wildman–Crippen MR) is 121 cm³/mol. The molecule has 1 N–H and O–H groups in total. The minimum atomic E-state index is -0.687. The van der Waals surface area contributed by atoms with Crippen molar-refractivity contribution in [3.63, 3.8) is 0 Å². The summed E-state index contributed by atoms with van der Waals surface area (Å²) in [4.78, 5) is 39.0. The van der Waals surface area contributed by atoms with Gasteiger partial charge in [0, 0.05) is 0 Å². The third-order valence-electron chi connectivity index (χ3n) is 4.94. The fraction of sp³-hybridized carbons (Fsp3) is 0.136. The minimum Gasteiger partial charge on any atom is -0.323 e. The summed E-state index contributed by atoms with van der Waals surface area (Å²) in [6.07, 6.45) is 0. The van der Waals surface area contributed by atoms with E-state index >= 15 is 0 Å². The monoisotopic (exact) mass is 457 g/mol. The van der Waals surface area contributed by atoms with Gasteiger partial charge in [-0.1, -0.05) is 23.7 Å². The van der Waals surface area contributed by atoms with Crippen molar-refractivity contribution in [3.8, 4) is 5.69 Å². The fourth-order valence-electron chi connectivity index (χ4n) is 3.35. The Kier molecular flexibility index (Phi) is 5.51. The molecule has 0 spiro atoms. The van der Waals surface area contributed by atoms with Gasteiger partial charge in [-0.2, -0.15) is 0 Å². The summed E-state index contributed by atoms with van der Waals surface area (Å²) in [5, 5.41) is 4.80. The maximum Gasteiger partial charge on any atom is 0.336 e. The highest BCUT2D eigenvalue weighted by Crippen LogP contribution is 2.25. The van der Waals surface area contributed by atoms with Gasteiger partial charge in [0.2, 0.25) is 5.91 Å². The number of fused-ring (bicyclic) bond motifs is 1. The summed E-state index contributed by atoms with van der Waals surface area (Å²) in [7, 11) is 0. The Hall–Kier alpha value is -3.23. The van der Waals surface area contributed by atoms with Crippen LogP contribution in [0.4, 0.5) is 10.1 Å². The van der Waals surface area contributed by atoms with Crippen LogP contribution in [0.3, 0.4) is 0 Å². The van der Waals surface area contributed by atoms with E-state index in [0.29, 0.717) is 26.5 Å². The molecule has 0 aliphatic carbocycles. The van der Waals surface area contributed by atoms with Gasteiger partial charge in [-0.05, 0) is 60.7 Å². The van der Waals surface area contributed by atoms with E-state index in [1.807, 2.05) is 13.0 Å². The first-order valence-corrected chi connectivity index (χ1v) is 10.6. The number of anilines is 1. The summed E-state index contributed by atoms with van der Waals surface area (Å²) in [6, 6.07) is 10.8. The maximum absolute atomic E-state index is 13.7. The van der Waals surface area contributed by atoms with Crippen molar-refractivity contribution in [2.24, 2.45) is 0 Å².